The van der Waals surface area contributed by atoms with Crippen LogP contribution in [0.1, 0.15) is 37.5 Å². The zero-order chi connectivity index (χ0) is 20.7. The van der Waals surface area contributed by atoms with Crippen LogP contribution < -0.4 is 15.8 Å². The van der Waals surface area contributed by atoms with Gasteiger partial charge in [0.05, 0.1) is 18.1 Å². The normalized spacial score (nSPS) is 12.7. The average molecular weight is 395 g/mol. The summed E-state index contributed by atoms with van der Waals surface area (Å²) in [5, 5.41) is 14.0. The van der Waals surface area contributed by atoms with E-state index >= 15 is 0 Å². The van der Waals surface area contributed by atoms with E-state index < -0.39 is 6.10 Å². The molecule has 1 heterocycles. The highest BCUT2D eigenvalue weighted by Crippen LogP contribution is 2.26. The van der Waals surface area contributed by atoms with E-state index in [0.717, 1.165) is 24.1 Å². The fraction of sp³-hybridized carbons (Fsp3) is 0.348. The highest BCUT2D eigenvalue weighted by molar-refractivity contribution is 5.54. The topological polar surface area (TPSA) is 85.3 Å². The highest BCUT2D eigenvalue weighted by Gasteiger charge is 2.19. The minimum Gasteiger partial charge on any atom is -0.487 e. The van der Waals surface area contributed by atoms with E-state index in [4.69, 9.17) is 10.5 Å². The van der Waals surface area contributed by atoms with Crippen LogP contribution in [0.5, 0.6) is 5.75 Å². The largest absolute Gasteiger partial charge is 0.487 e. The molecule has 0 aliphatic heterocycles. The Labute approximate surface area is 172 Å². The van der Waals surface area contributed by atoms with Crippen LogP contribution in [0, 0.1) is 0 Å². The number of nitrogens with zero attached hydrogens (tertiary/aromatic N) is 2. The molecule has 1 aromatic heterocycles. The van der Waals surface area contributed by atoms with Gasteiger partial charge in [-0.15, -0.1) is 0 Å². The Balaban J connectivity index is 1.51. The van der Waals surface area contributed by atoms with Crippen LogP contribution in [0.4, 0.5) is 5.69 Å². The number of aliphatic hydroxyl groups excluding tert-OH is 1. The second-order valence-electron chi connectivity index (χ2n) is 7.90. The molecule has 0 saturated carbocycles. The lowest BCUT2D eigenvalue weighted by Gasteiger charge is -2.28. The van der Waals surface area contributed by atoms with Crippen LogP contribution in [0.2, 0.25) is 0 Å². The van der Waals surface area contributed by atoms with Gasteiger partial charge in [-0.05, 0) is 43.5 Å². The van der Waals surface area contributed by atoms with Crippen molar-refractivity contribution in [2.24, 2.45) is 0 Å². The van der Waals surface area contributed by atoms with Crippen molar-refractivity contribution in [1.29, 1.82) is 0 Å². The molecule has 6 heteroatoms. The predicted octanol–water partition coefficient (Wildman–Crippen LogP) is 3.54. The Morgan fingerprint density at radius 3 is 2.69 bits per heavy atom. The Hall–Kier alpha value is -2.83. The molecule has 0 spiro atoms. The Morgan fingerprint density at radius 2 is 2.00 bits per heavy atom. The van der Waals surface area contributed by atoms with Crippen LogP contribution in [0.15, 0.2) is 67.3 Å². The number of nitrogens with one attached hydrogen (secondary N) is 1. The number of aryl methyl sites for hydroxylation is 1. The van der Waals surface area contributed by atoms with E-state index in [9.17, 15) is 5.11 Å². The lowest BCUT2D eigenvalue weighted by Crippen LogP contribution is -2.42. The molecule has 3 aromatic rings. The third kappa shape index (κ3) is 6.34. The third-order valence-corrected chi connectivity index (χ3v) is 4.98. The molecule has 1 atom stereocenters. The summed E-state index contributed by atoms with van der Waals surface area (Å²) in [5.74, 6) is 0.624. The first-order chi connectivity index (χ1) is 13.9. The van der Waals surface area contributed by atoms with Crippen molar-refractivity contribution < 1.29 is 9.84 Å². The van der Waals surface area contributed by atoms with E-state index in [1.807, 2.05) is 55.0 Å². The van der Waals surface area contributed by atoms with Crippen molar-refractivity contribution >= 4 is 5.69 Å². The maximum atomic E-state index is 10.6. The predicted molar refractivity (Wildman–Crippen MR) is 116 cm³/mol. The maximum absolute atomic E-state index is 10.6. The summed E-state index contributed by atoms with van der Waals surface area (Å²) in [4.78, 5) is 4.06. The minimum atomic E-state index is -0.645. The monoisotopic (exact) mass is 394 g/mol. The number of ether oxygens (including phenoxy) is 1. The lowest BCUT2D eigenvalue weighted by molar-refractivity contribution is 0.158. The van der Waals surface area contributed by atoms with Crippen molar-refractivity contribution in [3.63, 3.8) is 0 Å². The number of anilines is 1. The first-order valence-corrected chi connectivity index (χ1v) is 9.88. The highest BCUT2D eigenvalue weighted by atomic mass is 16.5. The van der Waals surface area contributed by atoms with Crippen molar-refractivity contribution in [3.05, 3.63) is 78.4 Å². The summed E-state index contributed by atoms with van der Waals surface area (Å²) in [6, 6.07) is 15.4. The van der Waals surface area contributed by atoms with Gasteiger partial charge in [0, 0.05) is 31.0 Å². The molecule has 0 radical (unpaired) electrons. The number of benzene rings is 2. The number of hydrogen-bond acceptors (Lipinski definition) is 5. The molecule has 4 N–H and O–H groups in total. The van der Waals surface area contributed by atoms with Gasteiger partial charge in [0.15, 0.2) is 0 Å². The molecule has 29 heavy (non-hydrogen) atoms. The van der Waals surface area contributed by atoms with E-state index in [-0.39, 0.29) is 5.54 Å². The number of hydrogen-bond donors (Lipinski definition) is 3. The number of β-amino-alcohol motifs (C(OH)–C–C–N with tert-alkyl or cyclic N) is 1. The van der Waals surface area contributed by atoms with Crippen LogP contribution >= 0.6 is 0 Å². The fourth-order valence-electron chi connectivity index (χ4n) is 3.05. The first kappa shape index (κ1) is 20.9. The van der Waals surface area contributed by atoms with Gasteiger partial charge in [0.1, 0.15) is 12.4 Å². The molecule has 0 saturated heterocycles. The van der Waals surface area contributed by atoms with Gasteiger partial charge in [0.2, 0.25) is 0 Å². The second-order valence-corrected chi connectivity index (χ2v) is 7.90. The summed E-state index contributed by atoms with van der Waals surface area (Å²) in [5.41, 5.74) is 8.40. The molecular formula is C23H30N4O2. The summed E-state index contributed by atoms with van der Waals surface area (Å²) >= 11 is 0. The van der Waals surface area contributed by atoms with Gasteiger partial charge in [0.25, 0.3) is 0 Å². The molecule has 0 aliphatic carbocycles. The molecule has 0 amide bonds. The fourth-order valence-corrected chi connectivity index (χ4v) is 3.05. The van der Waals surface area contributed by atoms with Crippen LogP contribution in [0.3, 0.4) is 0 Å². The van der Waals surface area contributed by atoms with Crippen molar-refractivity contribution in [2.45, 2.75) is 45.1 Å². The number of nitrogens with two attached hydrogens (primary N) is 1. The van der Waals surface area contributed by atoms with Crippen molar-refractivity contribution in [1.82, 2.24) is 14.9 Å². The van der Waals surface area contributed by atoms with Gasteiger partial charge < -0.3 is 25.5 Å². The minimum absolute atomic E-state index is 0.116. The summed E-state index contributed by atoms with van der Waals surface area (Å²) in [7, 11) is 0. The molecular weight excluding hydrogens is 364 g/mol. The number of imidazole rings is 1. The zero-order valence-corrected chi connectivity index (χ0v) is 17.1. The van der Waals surface area contributed by atoms with Crippen molar-refractivity contribution in [2.75, 3.05) is 12.3 Å². The number of aromatic nitrogens is 2. The van der Waals surface area contributed by atoms with Gasteiger partial charge in [-0.25, -0.2) is 4.98 Å². The van der Waals surface area contributed by atoms with E-state index in [1.54, 1.807) is 12.3 Å². The molecule has 0 aliphatic rings. The first-order valence-electron chi connectivity index (χ1n) is 9.88. The average Bonchev–Trinajstić information content (AvgIpc) is 3.24. The number of aliphatic hydroxyl groups is 1. The van der Waals surface area contributed by atoms with Gasteiger partial charge >= 0.3 is 0 Å². The van der Waals surface area contributed by atoms with E-state index in [0.29, 0.717) is 24.6 Å². The van der Waals surface area contributed by atoms with Gasteiger partial charge in [-0.1, -0.05) is 36.4 Å². The van der Waals surface area contributed by atoms with Gasteiger partial charge in [-0.3, -0.25) is 0 Å². The van der Waals surface area contributed by atoms with Crippen molar-refractivity contribution in [3.8, 4) is 5.75 Å². The van der Waals surface area contributed by atoms with E-state index in [1.165, 1.54) is 0 Å². The zero-order valence-electron chi connectivity index (χ0n) is 17.1. The maximum Gasteiger partial charge on any atom is 0.142 e. The van der Waals surface area contributed by atoms with Crippen LogP contribution in [0.25, 0.3) is 0 Å². The van der Waals surface area contributed by atoms with E-state index in [2.05, 4.69) is 28.7 Å². The molecule has 0 fully saturated rings. The molecule has 2 aromatic carbocycles. The molecule has 0 bridgehead atoms. The molecule has 6 nitrogen and oxygen atoms in total. The lowest BCUT2D eigenvalue weighted by atomic mass is 9.99. The van der Waals surface area contributed by atoms with Gasteiger partial charge in [-0.2, -0.15) is 0 Å². The van der Waals surface area contributed by atoms with Crippen LogP contribution in [-0.2, 0) is 13.2 Å². The van der Waals surface area contributed by atoms with Crippen LogP contribution in [-0.4, -0.2) is 26.7 Å². The Bertz CT molecular complexity index is 879. The standard InChI is InChI=1S/C23H30N4O2/c1-23(2,10-12-27-13-11-25-17-27)26-15-21(28)19-8-9-22(20(24)14-19)29-16-18-6-4-3-5-7-18/h3-9,11,13-14,17,21,26,28H,10,12,15-16,24H2,1-2H3. The number of nitrogen functional groups attached to an aromatic ring is 1. The Morgan fingerprint density at radius 1 is 1.21 bits per heavy atom. The Kier molecular flexibility index (Phi) is 6.90. The smallest absolute Gasteiger partial charge is 0.142 e. The SMILES string of the molecule is CC(C)(CCn1ccnc1)NCC(O)c1ccc(OCc2ccccc2)c(N)c1. The summed E-state index contributed by atoms with van der Waals surface area (Å²) in [6.45, 7) is 6.04. The quantitative estimate of drug-likeness (QED) is 0.458. The molecule has 3 rings (SSSR count). The second kappa shape index (κ2) is 9.58. The summed E-state index contributed by atoms with van der Waals surface area (Å²) in [6.07, 6.45) is 5.82. The third-order valence-electron chi connectivity index (χ3n) is 4.98. The molecule has 154 valence electrons. The summed E-state index contributed by atoms with van der Waals surface area (Å²) < 4.78 is 7.86. The molecule has 1 unspecified atom stereocenters. The number of rotatable bonds is 10.